The number of hydrogen-bond donors (Lipinski definition) is 3. The second-order valence-corrected chi connectivity index (χ2v) is 8.64. The molecule has 172 valence electrons. The van der Waals surface area contributed by atoms with Gasteiger partial charge in [-0.2, -0.15) is 5.10 Å². The molecule has 6 rings (SSSR count). The summed E-state index contributed by atoms with van der Waals surface area (Å²) in [7, 11) is 0. The van der Waals surface area contributed by atoms with E-state index in [1.165, 1.54) is 0 Å². The summed E-state index contributed by atoms with van der Waals surface area (Å²) in [5.74, 6) is -1.86. The van der Waals surface area contributed by atoms with Crippen LogP contribution in [0.2, 0.25) is 0 Å². The molecule has 3 N–H and O–H groups in total. The van der Waals surface area contributed by atoms with E-state index in [1.807, 2.05) is 53.7 Å². The van der Waals surface area contributed by atoms with Gasteiger partial charge >= 0.3 is 0 Å². The summed E-state index contributed by atoms with van der Waals surface area (Å²) >= 11 is 0. The molecule has 4 heterocycles. The molecule has 9 heteroatoms. The van der Waals surface area contributed by atoms with Crippen LogP contribution < -0.4 is 15.5 Å². The number of piperidine rings is 1. The number of fused-ring (bicyclic) bond motifs is 2. The second-order valence-electron chi connectivity index (χ2n) is 8.64. The van der Waals surface area contributed by atoms with E-state index >= 15 is 0 Å². The monoisotopic (exact) mass is 459 g/mol. The molecule has 0 spiro atoms. The van der Waals surface area contributed by atoms with Gasteiger partial charge in [0.2, 0.25) is 0 Å². The summed E-state index contributed by atoms with van der Waals surface area (Å²) < 4.78 is 27.7. The topological polar surface area (TPSA) is 71.6 Å². The Balaban J connectivity index is 1.25. The van der Waals surface area contributed by atoms with Crippen molar-refractivity contribution in [1.29, 1.82) is 0 Å². The Morgan fingerprint density at radius 2 is 1.97 bits per heavy atom. The third-order valence-electron chi connectivity index (χ3n) is 6.22. The predicted molar refractivity (Wildman–Crippen MR) is 130 cm³/mol. The van der Waals surface area contributed by atoms with Gasteiger partial charge in [-0.15, -0.1) is 0 Å². The maximum absolute atomic E-state index is 13.8. The maximum Gasteiger partial charge on any atom is 0.265 e. The number of benzene rings is 2. The summed E-state index contributed by atoms with van der Waals surface area (Å²) in [4.78, 5) is 8.02. The smallest absolute Gasteiger partial charge is 0.265 e. The van der Waals surface area contributed by atoms with Crippen LogP contribution in [0.25, 0.3) is 16.6 Å². The zero-order valence-electron chi connectivity index (χ0n) is 18.3. The van der Waals surface area contributed by atoms with Gasteiger partial charge in [0.1, 0.15) is 11.5 Å². The number of aliphatic imine (C=N–C) groups is 1. The van der Waals surface area contributed by atoms with Crippen LogP contribution in [0, 0.1) is 0 Å². The van der Waals surface area contributed by atoms with Crippen molar-refractivity contribution in [2.75, 3.05) is 23.3 Å². The first-order valence-corrected chi connectivity index (χ1v) is 11.2. The number of alkyl halides is 2. The van der Waals surface area contributed by atoms with Crippen molar-refractivity contribution < 1.29 is 8.78 Å². The molecule has 3 aliphatic rings. The fourth-order valence-corrected chi connectivity index (χ4v) is 4.48. The van der Waals surface area contributed by atoms with Crippen LogP contribution in [0.15, 0.2) is 83.8 Å². The van der Waals surface area contributed by atoms with Crippen molar-refractivity contribution >= 4 is 34.2 Å². The fourth-order valence-electron chi connectivity index (χ4n) is 4.48. The molecular formula is C25H23F2N7. The Kier molecular flexibility index (Phi) is 4.83. The molecule has 1 aromatic heterocycles. The number of nitrogens with zero attached hydrogens (tertiary/aromatic N) is 4. The van der Waals surface area contributed by atoms with Gasteiger partial charge in [0.25, 0.3) is 5.92 Å². The number of H-pyrrole nitrogens is 1. The molecule has 0 amide bonds. The van der Waals surface area contributed by atoms with E-state index in [0.717, 1.165) is 45.1 Å². The molecule has 0 aliphatic carbocycles. The van der Waals surface area contributed by atoms with Crippen LogP contribution in [-0.2, 0) is 0 Å². The molecule has 1 saturated heterocycles. The average Bonchev–Trinajstić information content (AvgIpc) is 3.32. The van der Waals surface area contributed by atoms with E-state index < -0.39 is 5.92 Å². The minimum absolute atomic E-state index is 0.0403. The van der Waals surface area contributed by atoms with Gasteiger partial charge in [-0.05, 0) is 36.8 Å². The normalized spacial score (nSPS) is 19.2. The van der Waals surface area contributed by atoms with E-state index in [1.54, 1.807) is 23.5 Å². The SMILES string of the molecule is FC1(F)CCCN(c2ccc(NC3=C4C=NC=CN4C=C(c4ccc5cn[nH]c5c4)N3)cc2)C1. The lowest BCUT2D eigenvalue weighted by atomic mass is 10.1. The van der Waals surface area contributed by atoms with Gasteiger partial charge in [0.05, 0.1) is 30.2 Å². The number of anilines is 2. The number of hydrogen-bond acceptors (Lipinski definition) is 6. The van der Waals surface area contributed by atoms with Gasteiger partial charge < -0.3 is 20.4 Å². The molecule has 0 bridgehead atoms. The summed E-state index contributed by atoms with van der Waals surface area (Å²) in [6, 6.07) is 13.7. The number of aromatic amines is 1. The first-order chi connectivity index (χ1) is 16.5. The molecule has 34 heavy (non-hydrogen) atoms. The number of aromatic nitrogens is 2. The molecule has 3 aliphatic heterocycles. The third kappa shape index (κ3) is 3.89. The molecule has 2 aromatic carbocycles. The number of nitrogens with one attached hydrogen (secondary N) is 3. The molecule has 0 radical (unpaired) electrons. The fraction of sp³-hybridized carbons (Fsp3) is 0.200. The predicted octanol–water partition coefficient (Wildman–Crippen LogP) is 4.84. The first-order valence-electron chi connectivity index (χ1n) is 11.2. The Labute approximate surface area is 195 Å². The zero-order chi connectivity index (χ0) is 23.1. The van der Waals surface area contributed by atoms with Crippen LogP contribution in [0.4, 0.5) is 20.2 Å². The molecular weight excluding hydrogens is 436 g/mol. The number of allylic oxidation sites excluding steroid dienone is 1. The van der Waals surface area contributed by atoms with Crippen molar-refractivity contribution in [2.24, 2.45) is 4.99 Å². The standard InChI is InChI=1S/C25H23F2N7/c26-25(27)8-1-10-34(16-25)20-6-4-19(5-7-20)30-24-23-14-28-9-11-33(23)15-22(31-24)17-2-3-18-13-29-32-21(18)12-17/h2-7,9,11-15,30-31H,1,8,10,16H2,(H,29,32). The lowest BCUT2D eigenvalue weighted by Crippen LogP contribution is -2.42. The van der Waals surface area contributed by atoms with Crippen LogP contribution in [0.3, 0.4) is 0 Å². The highest BCUT2D eigenvalue weighted by Crippen LogP contribution is 2.31. The highest BCUT2D eigenvalue weighted by atomic mass is 19.3. The van der Waals surface area contributed by atoms with E-state index in [0.29, 0.717) is 13.0 Å². The van der Waals surface area contributed by atoms with Crippen LogP contribution in [0.1, 0.15) is 18.4 Å². The quantitative estimate of drug-likeness (QED) is 0.521. The highest BCUT2D eigenvalue weighted by molar-refractivity contribution is 5.87. The van der Waals surface area contributed by atoms with E-state index in [9.17, 15) is 8.78 Å². The van der Waals surface area contributed by atoms with Gasteiger partial charge in [-0.3, -0.25) is 10.1 Å². The summed E-state index contributed by atoms with van der Waals surface area (Å²) in [5.41, 5.74) is 5.39. The van der Waals surface area contributed by atoms with Crippen LogP contribution >= 0.6 is 0 Å². The molecule has 1 fully saturated rings. The second kappa shape index (κ2) is 8.02. The minimum Gasteiger partial charge on any atom is -0.365 e. The van der Waals surface area contributed by atoms with Gasteiger partial charge in [-0.25, -0.2) is 8.78 Å². The van der Waals surface area contributed by atoms with E-state index in [-0.39, 0.29) is 13.0 Å². The lowest BCUT2D eigenvalue weighted by molar-refractivity contribution is -0.0116. The lowest BCUT2D eigenvalue weighted by Gasteiger charge is -2.34. The summed E-state index contributed by atoms with van der Waals surface area (Å²) in [5, 5.41) is 15.1. The van der Waals surface area contributed by atoms with Crippen molar-refractivity contribution in [2.45, 2.75) is 18.8 Å². The van der Waals surface area contributed by atoms with Crippen molar-refractivity contribution in [1.82, 2.24) is 20.4 Å². The maximum atomic E-state index is 13.8. The van der Waals surface area contributed by atoms with Crippen molar-refractivity contribution in [3.8, 4) is 0 Å². The zero-order valence-corrected chi connectivity index (χ0v) is 18.3. The number of rotatable bonds is 4. The Hall–Kier alpha value is -4.14. The first kappa shape index (κ1) is 20.5. The van der Waals surface area contributed by atoms with Crippen molar-refractivity contribution in [3.63, 3.8) is 0 Å². The molecule has 0 atom stereocenters. The molecule has 7 nitrogen and oxygen atoms in total. The third-order valence-corrected chi connectivity index (χ3v) is 6.22. The Morgan fingerprint density at radius 3 is 2.82 bits per heavy atom. The largest absolute Gasteiger partial charge is 0.365 e. The highest BCUT2D eigenvalue weighted by Gasteiger charge is 2.35. The van der Waals surface area contributed by atoms with Crippen molar-refractivity contribution in [3.05, 3.63) is 84.3 Å². The molecule has 0 unspecified atom stereocenters. The average molecular weight is 460 g/mol. The summed E-state index contributed by atoms with van der Waals surface area (Å²) in [6.45, 7) is 0.412. The van der Waals surface area contributed by atoms with E-state index in [4.69, 9.17) is 0 Å². The van der Waals surface area contributed by atoms with Gasteiger partial charge in [0, 0.05) is 53.9 Å². The summed E-state index contributed by atoms with van der Waals surface area (Å²) in [6.07, 6.45) is 9.68. The van der Waals surface area contributed by atoms with E-state index in [2.05, 4.69) is 31.9 Å². The Bertz CT molecular complexity index is 1350. The van der Waals surface area contributed by atoms with Gasteiger partial charge in [0.15, 0.2) is 0 Å². The minimum atomic E-state index is -2.63. The molecule has 3 aromatic rings. The molecule has 0 saturated carbocycles. The Morgan fingerprint density at radius 1 is 1.09 bits per heavy atom. The van der Waals surface area contributed by atoms with Crippen LogP contribution in [0.5, 0.6) is 0 Å². The van der Waals surface area contributed by atoms with Gasteiger partial charge in [-0.1, -0.05) is 12.1 Å². The number of halogens is 2. The van der Waals surface area contributed by atoms with Crippen LogP contribution in [-0.4, -0.2) is 40.3 Å².